The molecule has 3 rings (SSSR count). The molecule has 1 aromatic rings. The van der Waals surface area contributed by atoms with Crippen LogP contribution in [0.2, 0.25) is 0 Å². The van der Waals surface area contributed by atoms with Crippen LogP contribution in [-0.2, 0) is 16.1 Å². The van der Waals surface area contributed by atoms with Crippen molar-refractivity contribution in [2.75, 3.05) is 6.54 Å². The molecule has 1 amide bonds. The Balaban J connectivity index is 1.70. The summed E-state index contributed by atoms with van der Waals surface area (Å²) < 4.78 is 0. The van der Waals surface area contributed by atoms with Crippen LogP contribution in [-0.4, -0.2) is 28.4 Å². The molecule has 0 radical (unpaired) electrons. The number of benzene rings is 1. The van der Waals surface area contributed by atoms with Crippen molar-refractivity contribution in [3.05, 3.63) is 35.9 Å². The van der Waals surface area contributed by atoms with E-state index in [9.17, 15) is 9.59 Å². The van der Waals surface area contributed by atoms with Crippen molar-refractivity contribution in [1.82, 2.24) is 4.90 Å². The van der Waals surface area contributed by atoms with Crippen LogP contribution in [0.5, 0.6) is 0 Å². The molecule has 0 saturated heterocycles. The predicted octanol–water partition coefficient (Wildman–Crippen LogP) is 1.90. The molecule has 1 atom stereocenters. The lowest BCUT2D eigenvalue weighted by Crippen LogP contribution is -2.36. The molecule has 19 heavy (non-hydrogen) atoms. The van der Waals surface area contributed by atoms with Gasteiger partial charge in [-0.2, -0.15) is 0 Å². The van der Waals surface area contributed by atoms with Crippen LogP contribution in [0.4, 0.5) is 0 Å². The minimum absolute atomic E-state index is 0.0174. The first-order chi connectivity index (χ1) is 9.11. The number of hydrogen-bond acceptors (Lipinski definition) is 2. The Labute approximate surface area is 112 Å². The Kier molecular flexibility index (Phi) is 2.81. The van der Waals surface area contributed by atoms with Crippen LogP contribution < -0.4 is 0 Å². The molecule has 1 N–H and O–H groups in total. The average molecular weight is 259 g/mol. The van der Waals surface area contributed by atoms with Gasteiger partial charge in [-0.25, -0.2) is 0 Å². The molecule has 100 valence electrons. The SMILES string of the molecule is O=C(O)CN(Cc1ccccc1)C(=O)C1CC12CC2. The van der Waals surface area contributed by atoms with E-state index in [1.165, 1.54) is 4.90 Å². The standard InChI is InChI=1S/C15H17NO3/c17-13(18)10-16(9-11-4-2-1-3-5-11)14(19)12-8-15(12)6-7-15/h1-5,12H,6-10H2,(H,17,18). The number of aliphatic carboxylic acids is 1. The summed E-state index contributed by atoms with van der Waals surface area (Å²) in [7, 11) is 0. The summed E-state index contributed by atoms with van der Waals surface area (Å²) >= 11 is 0. The Morgan fingerprint density at radius 2 is 1.95 bits per heavy atom. The molecule has 0 aromatic heterocycles. The van der Waals surface area contributed by atoms with E-state index in [4.69, 9.17) is 5.11 Å². The van der Waals surface area contributed by atoms with E-state index in [2.05, 4.69) is 0 Å². The van der Waals surface area contributed by atoms with Gasteiger partial charge >= 0.3 is 5.97 Å². The summed E-state index contributed by atoms with van der Waals surface area (Å²) in [6, 6.07) is 9.55. The fourth-order valence-corrected chi connectivity index (χ4v) is 2.81. The first-order valence-corrected chi connectivity index (χ1v) is 6.65. The van der Waals surface area contributed by atoms with Gasteiger partial charge in [0.15, 0.2) is 0 Å². The third-order valence-corrected chi connectivity index (χ3v) is 4.23. The molecular formula is C15H17NO3. The van der Waals surface area contributed by atoms with Crippen molar-refractivity contribution < 1.29 is 14.7 Å². The van der Waals surface area contributed by atoms with E-state index in [1.54, 1.807) is 0 Å². The Morgan fingerprint density at radius 1 is 1.26 bits per heavy atom. The monoisotopic (exact) mass is 259 g/mol. The van der Waals surface area contributed by atoms with Crippen LogP contribution in [0.3, 0.4) is 0 Å². The quantitative estimate of drug-likeness (QED) is 0.878. The molecule has 2 fully saturated rings. The van der Waals surface area contributed by atoms with Gasteiger partial charge < -0.3 is 10.0 Å². The van der Waals surface area contributed by atoms with Crippen molar-refractivity contribution in [3.63, 3.8) is 0 Å². The van der Waals surface area contributed by atoms with E-state index in [0.29, 0.717) is 6.54 Å². The Morgan fingerprint density at radius 3 is 2.47 bits per heavy atom. The van der Waals surface area contributed by atoms with Gasteiger partial charge in [0.05, 0.1) is 0 Å². The normalized spacial score (nSPS) is 22.0. The van der Waals surface area contributed by atoms with Crippen LogP contribution in [0.15, 0.2) is 30.3 Å². The highest BCUT2D eigenvalue weighted by molar-refractivity contribution is 5.86. The van der Waals surface area contributed by atoms with Gasteiger partial charge in [-0.3, -0.25) is 9.59 Å². The van der Waals surface area contributed by atoms with Crippen LogP contribution in [0, 0.1) is 11.3 Å². The Bertz CT molecular complexity index is 507. The lowest BCUT2D eigenvalue weighted by atomic mass is 10.2. The fourth-order valence-electron chi connectivity index (χ4n) is 2.81. The van der Waals surface area contributed by atoms with Crippen molar-refractivity contribution in [2.24, 2.45) is 11.3 Å². The maximum absolute atomic E-state index is 12.4. The average Bonchev–Trinajstić information content (AvgIpc) is 3.29. The molecule has 2 aliphatic rings. The third kappa shape index (κ3) is 2.48. The third-order valence-electron chi connectivity index (χ3n) is 4.23. The van der Waals surface area contributed by atoms with Gasteiger partial charge in [0.1, 0.15) is 6.54 Å². The predicted molar refractivity (Wildman–Crippen MR) is 69.3 cm³/mol. The highest BCUT2D eigenvalue weighted by Crippen LogP contribution is 2.70. The van der Waals surface area contributed by atoms with Gasteiger partial charge in [-0.1, -0.05) is 30.3 Å². The number of carboxylic acid groups (broad SMARTS) is 1. The van der Waals surface area contributed by atoms with Gasteiger partial charge in [0.25, 0.3) is 0 Å². The number of nitrogens with zero attached hydrogens (tertiary/aromatic N) is 1. The van der Waals surface area contributed by atoms with Crippen molar-refractivity contribution in [3.8, 4) is 0 Å². The molecule has 0 heterocycles. The number of rotatable bonds is 5. The summed E-state index contributed by atoms with van der Waals surface area (Å²) in [5.74, 6) is -0.853. The van der Waals surface area contributed by atoms with Gasteiger partial charge in [0.2, 0.25) is 5.91 Å². The molecule has 1 spiro atoms. The highest BCUT2D eigenvalue weighted by atomic mass is 16.4. The summed E-state index contributed by atoms with van der Waals surface area (Å²) in [5, 5.41) is 8.96. The van der Waals surface area contributed by atoms with Gasteiger partial charge in [0, 0.05) is 12.5 Å². The molecule has 1 unspecified atom stereocenters. The van der Waals surface area contributed by atoms with Crippen LogP contribution in [0.1, 0.15) is 24.8 Å². The molecule has 2 saturated carbocycles. The largest absolute Gasteiger partial charge is 0.480 e. The molecule has 2 aliphatic carbocycles. The second-order valence-corrected chi connectivity index (χ2v) is 5.69. The first-order valence-electron chi connectivity index (χ1n) is 6.65. The van der Waals surface area contributed by atoms with Gasteiger partial charge in [-0.15, -0.1) is 0 Å². The fraction of sp³-hybridized carbons (Fsp3) is 0.467. The van der Waals surface area contributed by atoms with E-state index in [0.717, 1.165) is 24.8 Å². The van der Waals surface area contributed by atoms with E-state index in [-0.39, 0.29) is 23.8 Å². The zero-order valence-corrected chi connectivity index (χ0v) is 10.7. The number of amides is 1. The first kappa shape index (κ1) is 12.2. The lowest BCUT2D eigenvalue weighted by Gasteiger charge is -2.21. The zero-order chi connectivity index (χ0) is 13.5. The van der Waals surface area contributed by atoms with Gasteiger partial charge in [-0.05, 0) is 30.2 Å². The topological polar surface area (TPSA) is 57.6 Å². The summed E-state index contributed by atoms with van der Waals surface area (Å²) in [4.78, 5) is 24.8. The van der Waals surface area contributed by atoms with E-state index in [1.807, 2.05) is 30.3 Å². The maximum atomic E-state index is 12.4. The van der Waals surface area contributed by atoms with E-state index < -0.39 is 5.97 Å². The molecule has 1 aromatic carbocycles. The van der Waals surface area contributed by atoms with Crippen molar-refractivity contribution in [1.29, 1.82) is 0 Å². The second kappa shape index (κ2) is 4.37. The molecule has 0 bridgehead atoms. The van der Waals surface area contributed by atoms with Crippen LogP contribution in [0.25, 0.3) is 0 Å². The lowest BCUT2D eigenvalue weighted by molar-refractivity contribution is -0.145. The number of carboxylic acids is 1. The minimum Gasteiger partial charge on any atom is -0.480 e. The number of hydrogen-bond donors (Lipinski definition) is 1. The highest BCUT2D eigenvalue weighted by Gasteiger charge is 2.66. The van der Waals surface area contributed by atoms with Crippen molar-refractivity contribution >= 4 is 11.9 Å². The van der Waals surface area contributed by atoms with E-state index >= 15 is 0 Å². The number of carbonyl (C=O) groups is 2. The van der Waals surface area contributed by atoms with Crippen LogP contribution >= 0.6 is 0 Å². The molecule has 0 aliphatic heterocycles. The Hall–Kier alpha value is -1.84. The zero-order valence-electron chi connectivity index (χ0n) is 10.7. The second-order valence-electron chi connectivity index (χ2n) is 5.69. The minimum atomic E-state index is -0.949. The summed E-state index contributed by atoms with van der Waals surface area (Å²) in [6.45, 7) is 0.179. The molecular weight excluding hydrogens is 242 g/mol. The number of carbonyl (C=O) groups excluding carboxylic acids is 1. The summed E-state index contributed by atoms with van der Waals surface area (Å²) in [6.07, 6.45) is 3.22. The smallest absolute Gasteiger partial charge is 0.323 e. The molecule has 4 heteroatoms. The van der Waals surface area contributed by atoms with Crippen molar-refractivity contribution in [2.45, 2.75) is 25.8 Å². The summed E-state index contributed by atoms with van der Waals surface area (Å²) in [5.41, 5.74) is 1.24. The molecule has 4 nitrogen and oxygen atoms in total. The maximum Gasteiger partial charge on any atom is 0.323 e.